The molecule has 20 heavy (non-hydrogen) atoms. The third-order valence-corrected chi connectivity index (χ3v) is 3.40. The number of benzene rings is 2. The van der Waals surface area contributed by atoms with Crippen LogP contribution in [0, 0.1) is 11.6 Å². The van der Waals surface area contributed by atoms with Crippen LogP contribution in [0.1, 0.15) is 11.6 Å². The minimum Gasteiger partial charge on any atom is -0.479 e. The summed E-state index contributed by atoms with van der Waals surface area (Å²) < 4.78 is 27.6. The summed E-state index contributed by atoms with van der Waals surface area (Å²) in [5.74, 6) is -3.55. The van der Waals surface area contributed by atoms with E-state index in [1.807, 2.05) is 0 Å². The summed E-state index contributed by atoms with van der Waals surface area (Å²) in [4.78, 5) is 11.3. The van der Waals surface area contributed by atoms with Crippen LogP contribution in [0.3, 0.4) is 0 Å². The zero-order chi connectivity index (χ0) is 14.7. The molecule has 2 aromatic rings. The van der Waals surface area contributed by atoms with Crippen LogP contribution < -0.4 is 5.32 Å². The highest BCUT2D eigenvalue weighted by atomic mass is 79.9. The van der Waals surface area contributed by atoms with Gasteiger partial charge in [0.1, 0.15) is 0 Å². The maximum Gasteiger partial charge on any atom is 0.330 e. The van der Waals surface area contributed by atoms with Crippen molar-refractivity contribution in [3.8, 4) is 0 Å². The van der Waals surface area contributed by atoms with Crippen LogP contribution in [-0.4, -0.2) is 11.1 Å². The van der Waals surface area contributed by atoms with Gasteiger partial charge in [-0.15, -0.1) is 0 Å². The molecular formula is C14H10BrF2NO2. The lowest BCUT2D eigenvalue weighted by atomic mass is 10.1. The van der Waals surface area contributed by atoms with Gasteiger partial charge in [0, 0.05) is 15.7 Å². The molecule has 0 bridgehead atoms. The molecule has 0 radical (unpaired) electrons. The fraction of sp³-hybridized carbons (Fsp3) is 0.0714. The topological polar surface area (TPSA) is 49.3 Å². The predicted molar refractivity (Wildman–Crippen MR) is 74.5 cm³/mol. The first-order valence-corrected chi connectivity index (χ1v) is 6.48. The van der Waals surface area contributed by atoms with Gasteiger partial charge in [0.15, 0.2) is 17.7 Å². The zero-order valence-electron chi connectivity index (χ0n) is 10.1. The molecular weight excluding hydrogens is 332 g/mol. The van der Waals surface area contributed by atoms with Crippen molar-refractivity contribution in [1.82, 2.24) is 0 Å². The van der Waals surface area contributed by atoms with Crippen molar-refractivity contribution in [3.05, 3.63) is 64.1 Å². The molecule has 0 aliphatic carbocycles. The summed E-state index contributed by atoms with van der Waals surface area (Å²) in [5.41, 5.74) is 0.219. The Kier molecular flexibility index (Phi) is 4.34. The molecule has 0 heterocycles. The Morgan fingerprint density at radius 2 is 1.85 bits per heavy atom. The predicted octanol–water partition coefficient (Wildman–Crippen LogP) is 3.97. The number of hydrogen-bond donors (Lipinski definition) is 2. The molecule has 0 fully saturated rings. The monoisotopic (exact) mass is 341 g/mol. The highest BCUT2D eigenvalue weighted by molar-refractivity contribution is 9.10. The molecule has 1 atom stereocenters. The lowest BCUT2D eigenvalue weighted by Crippen LogP contribution is -2.22. The Balaban J connectivity index is 2.40. The Morgan fingerprint density at radius 3 is 2.50 bits per heavy atom. The van der Waals surface area contributed by atoms with E-state index in [0.717, 1.165) is 6.07 Å². The Hall–Kier alpha value is -1.95. The normalized spacial score (nSPS) is 11.9. The Bertz CT molecular complexity index is 649. The van der Waals surface area contributed by atoms with Crippen LogP contribution in [0.15, 0.2) is 46.9 Å². The third-order valence-electron chi connectivity index (χ3n) is 2.71. The van der Waals surface area contributed by atoms with Crippen LogP contribution >= 0.6 is 15.9 Å². The molecule has 2 N–H and O–H groups in total. The second-order valence-corrected chi connectivity index (χ2v) is 4.89. The third kappa shape index (κ3) is 2.96. The quantitative estimate of drug-likeness (QED) is 0.884. The number of carboxylic acids is 1. The van der Waals surface area contributed by atoms with Crippen LogP contribution in [0.5, 0.6) is 0 Å². The molecule has 0 spiro atoms. The van der Waals surface area contributed by atoms with Crippen molar-refractivity contribution in [2.24, 2.45) is 0 Å². The van der Waals surface area contributed by atoms with Gasteiger partial charge in [0.2, 0.25) is 0 Å². The zero-order valence-corrected chi connectivity index (χ0v) is 11.7. The van der Waals surface area contributed by atoms with E-state index in [0.29, 0.717) is 10.2 Å². The smallest absolute Gasteiger partial charge is 0.330 e. The summed E-state index contributed by atoms with van der Waals surface area (Å²) in [7, 11) is 0. The van der Waals surface area contributed by atoms with E-state index in [1.54, 1.807) is 24.3 Å². The Morgan fingerprint density at radius 1 is 1.15 bits per heavy atom. The maximum atomic E-state index is 13.7. The Labute approximate surface area is 122 Å². The first-order chi connectivity index (χ1) is 9.50. The van der Waals surface area contributed by atoms with Gasteiger partial charge < -0.3 is 10.4 Å². The van der Waals surface area contributed by atoms with Gasteiger partial charge in [-0.3, -0.25) is 0 Å². The van der Waals surface area contributed by atoms with E-state index in [4.69, 9.17) is 0 Å². The number of halogens is 3. The minimum atomic E-state index is -1.38. The number of nitrogens with one attached hydrogen (secondary N) is 1. The van der Waals surface area contributed by atoms with Crippen LogP contribution in [0.2, 0.25) is 0 Å². The molecule has 0 aliphatic heterocycles. The van der Waals surface area contributed by atoms with Crippen molar-refractivity contribution in [2.45, 2.75) is 6.04 Å². The van der Waals surface area contributed by atoms with Gasteiger partial charge in [0.25, 0.3) is 0 Å². The second-order valence-electron chi connectivity index (χ2n) is 4.04. The fourth-order valence-electron chi connectivity index (χ4n) is 1.75. The SMILES string of the molecule is O=C(O)C(Nc1ccccc1Br)c1cccc(F)c1F. The molecule has 1 unspecified atom stereocenters. The van der Waals surface area contributed by atoms with Crippen molar-refractivity contribution in [1.29, 1.82) is 0 Å². The highest BCUT2D eigenvalue weighted by Crippen LogP contribution is 2.28. The van der Waals surface area contributed by atoms with Gasteiger partial charge in [-0.05, 0) is 34.1 Å². The molecule has 104 valence electrons. The number of rotatable bonds is 4. The van der Waals surface area contributed by atoms with Gasteiger partial charge in [-0.1, -0.05) is 24.3 Å². The van der Waals surface area contributed by atoms with Gasteiger partial charge >= 0.3 is 5.97 Å². The molecule has 0 aromatic heterocycles. The van der Waals surface area contributed by atoms with E-state index >= 15 is 0 Å². The van der Waals surface area contributed by atoms with Crippen molar-refractivity contribution < 1.29 is 18.7 Å². The van der Waals surface area contributed by atoms with E-state index in [1.165, 1.54) is 12.1 Å². The molecule has 2 rings (SSSR count). The number of carboxylic acid groups (broad SMARTS) is 1. The average molecular weight is 342 g/mol. The molecule has 6 heteroatoms. The molecule has 3 nitrogen and oxygen atoms in total. The number of anilines is 1. The van der Waals surface area contributed by atoms with Gasteiger partial charge in [-0.2, -0.15) is 0 Å². The van der Waals surface area contributed by atoms with Crippen LogP contribution in [0.25, 0.3) is 0 Å². The molecule has 0 amide bonds. The minimum absolute atomic E-state index is 0.256. The summed E-state index contributed by atoms with van der Waals surface area (Å²) in [6.07, 6.45) is 0. The van der Waals surface area contributed by atoms with Crippen molar-refractivity contribution in [3.63, 3.8) is 0 Å². The van der Waals surface area contributed by atoms with E-state index in [2.05, 4.69) is 21.2 Å². The molecule has 2 aromatic carbocycles. The molecule has 0 aliphatic rings. The number of carbonyl (C=O) groups is 1. The van der Waals surface area contributed by atoms with Gasteiger partial charge in [-0.25, -0.2) is 13.6 Å². The van der Waals surface area contributed by atoms with E-state index < -0.39 is 23.6 Å². The number of para-hydroxylation sites is 1. The van der Waals surface area contributed by atoms with E-state index in [9.17, 15) is 18.7 Å². The van der Waals surface area contributed by atoms with Gasteiger partial charge in [0.05, 0.1) is 0 Å². The van der Waals surface area contributed by atoms with Crippen LogP contribution in [-0.2, 0) is 4.79 Å². The lowest BCUT2D eigenvalue weighted by Gasteiger charge is -2.18. The summed E-state index contributed by atoms with van der Waals surface area (Å²) >= 11 is 3.26. The standard InChI is InChI=1S/C14H10BrF2NO2/c15-9-5-1-2-7-11(9)18-13(14(19)20)8-4-3-6-10(16)12(8)17/h1-7,13,18H,(H,19,20). The van der Waals surface area contributed by atoms with Crippen molar-refractivity contribution in [2.75, 3.05) is 5.32 Å². The number of hydrogen-bond acceptors (Lipinski definition) is 2. The maximum absolute atomic E-state index is 13.7. The largest absolute Gasteiger partial charge is 0.479 e. The number of aliphatic carboxylic acids is 1. The van der Waals surface area contributed by atoms with Crippen LogP contribution in [0.4, 0.5) is 14.5 Å². The summed E-state index contributed by atoms with van der Waals surface area (Å²) in [5, 5.41) is 11.9. The first kappa shape index (κ1) is 14.5. The molecule has 0 saturated heterocycles. The van der Waals surface area contributed by atoms with E-state index in [-0.39, 0.29) is 5.56 Å². The average Bonchev–Trinajstić information content (AvgIpc) is 2.41. The summed E-state index contributed by atoms with van der Waals surface area (Å²) in [6, 6.07) is 8.87. The fourth-order valence-corrected chi connectivity index (χ4v) is 2.15. The first-order valence-electron chi connectivity index (χ1n) is 5.68. The van der Waals surface area contributed by atoms with Crippen molar-refractivity contribution >= 4 is 27.6 Å². The molecule has 0 saturated carbocycles. The summed E-state index contributed by atoms with van der Waals surface area (Å²) in [6.45, 7) is 0. The lowest BCUT2D eigenvalue weighted by molar-refractivity contribution is -0.138. The highest BCUT2D eigenvalue weighted by Gasteiger charge is 2.25. The second kappa shape index (κ2) is 6.00.